The molecule has 0 spiro atoms. The van der Waals surface area contributed by atoms with E-state index in [0.717, 1.165) is 0 Å². The minimum atomic E-state index is -1.05. The third-order valence-corrected chi connectivity index (χ3v) is 2.46. The normalized spacial score (nSPS) is 13.6. The summed E-state index contributed by atoms with van der Waals surface area (Å²) in [5, 5.41) is 19.1. The molecule has 0 aromatic carbocycles. The fourth-order valence-corrected chi connectivity index (χ4v) is 0.756. The van der Waals surface area contributed by atoms with E-state index in [-0.39, 0.29) is 0 Å². The van der Waals surface area contributed by atoms with Crippen LogP contribution in [-0.4, -0.2) is 34.3 Å². The van der Waals surface area contributed by atoms with Crippen molar-refractivity contribution in [1.82, 2.24) is 0 Å². The maximum absolute atomic E-state index is 9.73. The average molecular weight is 221 g/mol. The van der Waals surface area contributed by atoms with Crippen LogP contribution in [0.4, 0.5) is 0 Å². The van der Waals surface area contributed by atoms with Gasteiger partial charge in [-0.3, -0.25) is 0 Å². The summed E-state index contributed by atoms with van der Waals surface area (Å²) < 4.78 is 5.26. The van der Waals surface area contributed by atoms with Gasteiger partial charge in [-0.25, -0.2) is 0 Å². The van der Waals surface area contributed by atoms with E-state index in [2.05, 4.69) is 0 Å². The van der Waals surface area contributed by atoms with Crippen LogP contribution in [-0.2, 0) is 4.65 Å². The van der Waals surface area contributed by atoms with Gasteiger partial charge in [0.15, 0.2) is 0 Å². The Morgan fingerprint density at radius 3 is 2.21 bits per heavy atom. The molecule has 0 bridgehead atoms. The monoisotopic (exact) mass is 220 g/mol. The van der Waals surface area contributed by atoms with Crippen LogP contribution in [0.1, 0.15) is 27.7 Å². The first-order chi connectivity index (χ1) is 6.20. The third-order valence-electron chi connectivity index (χ3n) is 2.28. The van der Waals surface area contributed by atoms with E-state index in [9.17, 15) is 10.1 Å². The van der Waals surface area contributed by atoms with Gasteiger partial charge in [-0.1, -0.05) is 12.1 Å². The number of aliphatic hydroxyl groups is 1. The molecule has 0 rings (SSSR count). The topological polar surface area (TPSA) is 49.7 Å². The number of hydrogen-bond donors (Lipinski definition) is 2. The molecule has 0 aliphatic heterocycles. The van der Waals surface area contributed by atoms with Crippen molar-refractivity contribution in [3.8, 4) is 0 Å². The SMILES string of the molecule is CC(C)(O)C(C)(C)OB(O)/C=C/CCl. The van der Waals surface area contributed by atoms with Crippen LogP contribution >= 0.6 is 11.6 Å². The predicted octanol–water partition coefficient (Wildman–Crippen LogP) is 1.37. The first kappa shape index (κ1) is 14.0. The summed E-state index contributed by atoms with van der Waals surface area (Å²) in [6, 6.07) is 0. The minimum absolute atomic E-state index is 0.323. The summed E-state index contributed by atoms with van der Waals surface area (Å²) in [6.45, 7) is 6.69. The molecule has 0 amide bonds. The van der Waals surface area contributed by atoms with Gasteiger partial charge < -0.3 is 14.8 Å². The molecular weight excluding hydrogens is 202 g/mol. The Kier molecular flexibility index (Phi) is 5.16. The van der Waals surface area contributed by atoms with Crippen LogP contribution in [0.5, 0.6) is 0 Å². The molecular formula is C9H18BClO3. The quantitative estimate of drug-likeness (QED) is 0.543. The van der Waals surface area contributed by atoms with Gasteiger partial charge in [0.05, 0.1) is 11.2 Å². The number of allylic oxidation sites excluding steroid dienone is 1. The molecule has 0 heterocycles. The first-order valence-corrected chi connectivity index (χ1v) is 5.05. The van der Waals surface area contributed by atoms with E-state index in [1.807, 2.05) is 0 Å². The van der Waals surface area contributed by atoms with Gasteiger partial charge >= 0.3 is 7.12 Å². The fraction of sp³-hybridized carbons (Fsp3) is 0.778. The second-order valence-corrected chi connectivity index (χ2v) is 4.47. The smallest absolute Gasteiger partial charge is 0.423 e. The van der Waals surface area contributed by atoms with E-state index >= 15 is 0 Å². The minimum Gasteiger partial charge on any atom is -0.423 e. The van der Waals surface area contributed by atoms with E-state index in [1.165, 1.54) is 5.98 Å². The Balaban J connectivity index is 4.29. The molecule has 0 radical (unpaired) electrons. The molecule has 0 atom stereocenters. The zero-order valence-corrected chi connectivity index (χ0v) is 9.88. The summed E-state index contributed by atoms with van der Waals surface area (Å²) in [6.07, 6.45) is 1.59. The van der Waals surface area contributed by atoms with Crippen LogP contribution in [0.25, 0.3) is 0 Å². The van der Waals surface area contributed by atoms with Crippen LogP contribution < -0.4 is 0 Å². The van der Waals surface area contributed by atoms with Gasteiger partial charge in [0.2, 0.25) is 0 Å². The number of hydrogen-bond acceptors (Lipinski definition) is 3. The molecule has 0 aromatic heterocycles. The lowest BCUT2D eigenvalue weighted by Gasteiger charge is -2.38. The fourth-order valence-electron chi connectivity index (χ4n) is 0.653. The molecule has 5 heteroatoms. The molecule has 0 unspecified atom stereocenters. The maximum atomic E-state index is 9.73. The molecule has 14 heavy (non-hydrogen) atoms. The molecule has 0 aromatic rings. The second kappa shape index (κ2) is 5.17. The molecule has 0 aliphatic carbocycles. The molecule has 82 valence electrons. The predicted molar refractivity (Wildman–Crippen MR) is 59.3 cm³/mol. The number of halogens is 1. The lowest BCUT2D eigenvalue weighted by Crippen LogP contribution is -2.50. The van der Waals surface area contributed by atoms with Gasteiger partial charge in [-0.15, -0.1) is 11.6 Å². The van der Waals surface area contributed by atoms with E-state index in [0.29, 0.717) is 5.88 Å². The Bertz CT molecular complexity index is 199. The van der Waals surface area contributed by atoms with Crippen molar-refractivity contribution in [2.75, 3.05) is 5.88 Å². The van der Waals surface area contributed by atoms with Gasteiger partial charge in [-0.2, -0.15) is 0 Å². The van der Waals surface area contributed by atoms with Crippen molar-refractivity contribution in [1.29, 1.82) is 0 Å². The standard InChI is InChI=1S/C9H18BClO3/c1-8(2,12)9(3,4)14-10(13)6-5-7-11/h5-6,12-13H,7H2,1-4H3/b6-5+. The van der Waals surface area contributed by atoms with Crippen molar-refractivity contribution >= 4 is 18.7 Å². The van der Waals surface area contributed by atoms with Crippen molar-refractivity contribution in [3.63, 3.8) is 0 Å². The molecule has 2 N–H and O–H groups in total. The van der Waals surface area contributed by atoms with Crippen LogP contribution in [0.15, 0.2) is 12.1 Å². The largest absolute Gasteiger partial charge is 0.483 e. The number of alkyl halides is 1. The molecule has 0 saturated heterocycles. The van der Waals surface area contributed by atoms with E-state index in [4.69, 9.17) is 16.3 Å². The highest BCUT2D eigenvalue weighted by Crippen LogP contribution is 2.25. The Hall–Kier alpha value is -0.0251. The van der Waals surface area contributed by atoms with Crippen LogP contribution in [0, 0.1) is 0 Å². The highest BCUT2D eigenvalue weighted by atomic mass is 35.5. The summed E-state index contributed by atoms with van der Waals surface area (Å²) >= 11 is 5.40. The van der Waals surface area contributed by atoms with Crippen LogP contribution in [0.2, 0.25) is 0 Å². The Morgan fingerprint density at radius 1 is 1.36 bits per heavy atom. The molecule has 0 saturated carbocycles. The van der Waals surface area contributed by atoms with Crippen molar-refractivity contribution in [2.45, 2.75) is 38.9 Å². The summed E-state index contributed by atoms with van der Waals surface area (Å²) in [7, 11) is -1.05. The zero-order valence-electron chi connectivity index (χ0n) is 9.12. The summed E-state index contributed by atoms with van der Waals surface area (Å²) in [4.78, 5) is 0. The molecule has 0 aliphatic rings. The van der Waals surface area contributed by atoms with Gasteiger partial charge in [0.1, 0.15) is 0 Å². The van der Waals surface area contributed by atoms with Crippen LogP contribution in [0.3, 0.4) is 0 Å². The lowest BCUT2D eigenvalue weighted by atomic mass is 9.83. The van der Waals surface area contributed by atoms with E-state index in [1.54, 1.807) is 33.8 Å². The average Bonchev–Trinajstić information content (AvgIpc) is 1.97. The van der Waals surface area contributed by atoms with Crippen molar-refractivity contribution < 1.29 is 14.8 Å². The maximum Gasteiger partial charge on any atom is 0.483 e. The van der Waals surface area contributed by atoms with Gasteiger partial charge in [0.25, 0.3) is 0 Å². The highest BCUT2D eigenvalue weighted by molar-refractivity contribution is 6.49. The Morgan fingerprint density at radius 2 is 1.86 bits per heavy atom. The zero-order chi connectivity index (χ0) is 11.4. The summed E-state index contributed by atoms with van der Waals surface area (Å²) in [5.41, 5.74) is -1.86. The van der Waals surface area contributed by atoms with Crippen molar-refractivity contribution in [2.24, 2.45) is 0 Å². The first-order valence-electron chi connectivity index (χ1n) is 4.51. The second-order valence-electron chi connectivity index (χ2n) is 4.16. The van der Waals surface area contributed by atoms with E-state index < -0.39 is 18.3 Å². The van der Waals surface area contributed by atoms with Gasteiger partial charge in [0, 0.05) is 5.88 Å². The Labute approximate surface area is 90.9 Å². The number of rotatable bonds is 5. The third kappa shape index (κ3) is 4.46. The summed E-state index contributed by atoms with van der Waals surface area (Å²) in [5.74, 6) is 1.77. The molecule has 3 nitrogen and oxygen atoms in total. The van der Waals surface area contributed by atoms with Crippen molar-refractivity contribution in [3.05, 3.63) is 12.1 Å². The van der Waals surface area contributed by atoms with Gasteiger partial charge in [-0.05, 0) is 27.7 Å². The highest BCUT2D eigenvalue weighted by Gasteiger charge is 2.38. The lowest BCUT2D eigenvalue weighted by molar-refractivity contribution is -0.0984. The molecule has 0 fully saturated rings.